The van der Waals surface area contributed by atoms with Gasteiger partial charge in [0, 0.05) is 13.8 Å². The van der Waals surface area contributed by atoms with Gasteiger partial charge >= 0.3 is 0 Å². The molecule has 1 unspecified atom stereocenters. The zero-order valence-electron chi connectivity index (χ0n) is 11.8. The van der Waals surface area contributed by atoms with Gasteiger partial charge in [-0.1, -0.05) is 28.9 Å². The maximum absolute atomic E-state index is 5.28. The van der Waals surface area contributed by atoms with Crippen LogP contribution in [0.2, 0.25) is 0 Å². The molecule has 1 aromatic carbocycles. The molecule has 1 aromatic heterocycles. The largest absolute Gasteiger partial charge is 0.497 e. The first kappa shape index (κ1) is 17.5. The van der Waals surface area contributed by atoms with Crippen LogP contribution < -0.4 is 10.1 Å². The van der Waals surface area contributed by atoms with Crippen LogP contribution in [0.1, 0.15) is 29.8 Å². The average Bonchev–Trinajstić information content (AvgIpc) is 2.80. The lowest BCUT2D eigenvalue weighted by Crippen LogP contribution is -2.22. The molecule has 6 heteroatoms. The molecule has 2 nitrogen and oxygen atoms in total. The van der Waals surface area contributed by atoms with Gasteiger partial charge in [0.05, 0.1) is 16.9 Å². The molecule has 0 saturated carbocycles. The third kappa shape index (κ3) is 4.32. The normalized spacial score (nSPS) is 12.4. The van der Waals surface area contributed by atoms with Crippen molar-refractivity contribution < 1.29 is 4.74 Å². The van der Waals surface area contributed by atoms with E-state index in [1.165, 1.54) is 10.4 Å². The smallest absolute Gasteiger partial charge is 0.120 e. The van der Waals surface area contributed by atoms with E-state index in [4.69, 9.17) is 4.74 Å². The number of halogens is 3. The summed E-state index contributed by atoms with van der Waals surface area (Å²) in [5, 5.41) is 3.62. The van der Waals surface area contributed by atoms with Gasteiger partial charge in [0.1, 0.15) is 5.75 Å². The third-order valence-corrected chi connectivity index (χ3v) is 7.07. The second kappa shape index (κ2) is 8.11. The zero-order chi connectivity index (χ0) is 15.4. The standard InChI is InChI=1S/C15H16Br3NOS/c1-3-6-19-14(13-8-12(17)15(18)21-13)10-5-4-9(20-2)7-11(10)16/h4-5,7-8,14,19H,3,6H2,1-2H3. The van der Waals surface area contributed by atoms with E-state index in [1.54, 1.807) is 18.4 Å². The van der Waals surface area contributed by atoms with Crippen LogP contribution in [0.5, 0.6) is 5.75 Å². The summed E-state index contributed by atoms with van der Waals surface area (Å²) in [6, 6.07) is 8.45. The van der Waals surface area contributed by atoms with Crippen LogP contribution in [-0.4, -0.2) is 13.7 Å². The summed E-state index contributed by atoms with van der Waals surface area (Å²) in [6.07, 6.45) is 1.10. The van der Waals surface area contributed by atoms with Crippen molar-refractivity contribution in [2.75, 3.05) is 13.7 Å². The van der Waals surface area contributed by atoms with Crippen molar-refractivity contribution in [2.45, 2.75) is 19.4 Å². The van der Waals surface area contributed by atoms with Crippen molar-refractivity contribution in [3.8, 4) is 5.75 Å². The van der Waals surface area contributed by atoms with Gasteiger partial charge in [-0.25, -0.2) is 0 Å². The van der Waals surface area contributed by atoms with Crippen molar-refractivity contribution in [3.63, 3.8) is 0 Å². The van der Waals surface area contributed by atoms with Gasteiger partial charge in [-0.15, -0.1) is 11.3 Å². The van der Waals surface area contributed by atoms with Gasteiger partial charge in [0.25, 0.3) is 0 Å². The molecule has 1 atom stereocenters. The fraction of sp³-hybridized carbons (Fsp3) is 0.333. The van der Waals surface area contributed by atoms with Crippen LogP contribution in [0.25, 0.3) is 0 Å². The Morgan fingerprint density at radius 3 is 2.48 bits per heavy atom. The number of benzene rings is 1. The lowest BCUT2D eigenvalue weighted by atomic mass is 10.0. The van der Waals surface area contributed by atoms with Gasteiger partial charge in [-0.3, -0.25) is 0 Å². The molecule has 1 N–H and O–H groups in total. The molecule has 0 aliphatic rings. The molecule has 0 spiro atoms. The molecule has 1 heterocycles. The molecule has 0 aliphatic heterocycles. The number of methoxy groups -OCH3 is 1. The first-order valence-electron chi connectivity index (χ1n) is 6.58. The first-order chi connectivity index (χ1) is 10.1. The Balaban J connectivity index is 2.40. The molecule has 21 heavy (non-hydrogen) atoms. The molecular weight excluding hydrogens is 482 g/mol. The molecule has 0 amide bonds. The van der Waals surface area contributed by atoms with Gasteiger partial charge in [-0.05, 0) is 68.6 Å². The van der Waals surface area contributed by atoms with E-state index < -0.39 is 0 Å². The summed E-state index contributed by atoms with van der Waals surface area (Å²) in [5.41, 5.74) is 1.21. The minimum Gasteiger partial charge on any atom is -0.497 e. The highest BCUT2D eigenvalue weighted by atomic mass is 79.9. The lowest BCUT2D eigenvalue weighted by molar-refractivity contribution is 0.414. The van der Waals surface area contributed by atoms with Crippen molar-refractivity contribution in [1.29, 1.82) is 0 Å². The molecule has 0 bridgehead atoms. The fourth-order valence-corrected chi connectivity index (χ4v) is 4.80. The predicted molar refractivity (Wildman–Crippen MR) is 101 cm³/mol. The first-order valence-corrected chi connectivity index (χ1v) is 9.78. The van der Waals surface area contributed by atoms with Crippen molar-refractivity contribution in [3.05, 3.63) is 47.4 Å². The number of nitrogens with one attached hydrogen (secondary N) is 1. The maximum Gasteiger partial charge on any atom is 0.120 e. The maximum atomic E-state index is 5.28. The summed E-state index contributed by atoms with van der Waals surface area (Å²) in [7, 11) is 1.68. The zero-order valence-corrected chi connectivity index (χ0v) is 17.3. The van der Waals surface area contributed by atoms with E-state index in [-0.39, 0.29) is 6.04 Å². The second-order valence-electron chi connectivity index (χ2n) is 4.54. The minimum absolute atomic E-state index is 0.165. The summed E-state index contributed by atoms with van der Waals surface area (Å²) < 4.78 is 8.54. The van der Waals surface area contributed by atoms with E-state index in [1.807, 2.05) is 12.1 Å². The van der Waals surface area contributed by atoms with Crippen LogP contribution in [-0.2, 0) is 0 Å². The Bertz CT molecular complexity index is 595. The highest BCUT2D eigenvalue weighted by Crippen LogP contribution is 2.39. The van der Waals surface area contributed by atoms with Gasteiger partial charge in [-0.2, -0.15) is 0 Å². The topological polar surface area (TPSA) is 21.3 Å². The van der Waals surface area contributed by atoms with Gasteiger partial charge < -0.3 is 10.1 Å². The van der Waals surface area contributed by atoms with E-state index in [0.29, 0.717) is 0 Å². The Morgan fingerprint density at radius 2 is 1.95 bits per heavy atom. The SMILES string of the molecule is CCCNC(c1cc(Br)c(Br)s1)c1ccc(OC)cc1Br. The monoisotopic (exact) mass is 495 g/mol. The highest BCUT2D eigenvalue weighted by molar-refractivity contribution is 9.13. The number of rotatable bonds is 6. The molecule has 114 valence electrons. The third-order valence-electron chi connectivity index (χ3n) is 3.07. The lowest BCUT2D eigenvalue weighted by Gasteiger charge is -2.19. The Morgan fingerprint density at radius 1 is 1.19 bits per heavy atom. The Hall–Kier alpha value is 0.120. The van der Waals surface area contributed by atoms with Crippen LogP contribution in [0.15, 0.2) is 37.0 Å². The van der Waals surface area contributed by atoms with Crippen molar-refractivity contribution >= 4 is 59.1 Å². The average molecular weight is 498 g/mol. The minimum atomic E-state index is 0.165. The number of ether oxygens (including phenoxy) is 1. The predicted octanol–water partition coefficient (Wildman–Crippen LogP) is 6.13. The Labute approximate surface area is 154 Å². The fourth-order valence-electron chi connectivity index (χ4n) is 2.03. The molecule has 0 aliphatic carbocycles. The molecule has 2 aromatic rings. The van der Waals surface area contributed by atoms with E-state index in [9.17, 15) is 0 Å². The van der Waals surface area contributed by atoms with E-state index in [0.717, 1.165) is 31.4 Å². The molecule has 0 radical (unpaired) electrons. The van der Waals surface area contributed by atoms with E-state index >= 15 is 0 Å². The van der Waals surface area contributed by atoms with Crippen molar-refractivity contribution in [1.82, 2.24) is 5.32 Å². The van der Waals surface area contributed by atoms with E-state index in [2.05, 4.69) is 72.2 Å². The molecule has 2 rings (SSSR count). The number of hydrogen-bond donors (Lipinski definition) is 1. The second-order valence-corrected chi connectivity index (χ2v) is 8.66. The van der Waals surface area contributed by atoms with Crippen LogP contribution in [0.3, 0.4) is 0 Å². The summed E-state index contributed by atoms with van der Waals surface area (Å²) in [5.74, 6) is 0.855. The van der Waals surface area contributed by atoms with Gasteiger partial charge in [0.2, 0.25) is 0 Å². The van der Waals surface area contributed by atoms with Gasteiger partial charge in [0.15, 0.2) is 0 Å². The molecular formula is C15H16Br3NOS. The summed E-state index contributed by atoms with van der Waals surface area (Å²) in [4.78, 5) is 1.27. The number of thiophene rings is 1. The molecule has 0 fully saturated rings. The van der Waals surface area contributed by atoms with Crippen LogP contribution >= 0.6 is 59.1 Å². The number of hydrogen-bond acceptors (Lipinski definition) is 3. The summed E-state index contributed by atoms with van der Waals surface area (Å²) in [6.45, 7) is 3.14. The van der Waals surface area contributed by atoms with Crippen LogP contribution in [0.4, 0.5) is 0 Å². The Kier molecular flexibility index (Phi) is 6.75. The summed E-state index contributed by atoms with van der Waals surface area (Å²) >= 11 is 12.6. The highest BCUT2D eigenvalue weighted by Gasteiger charge is 2.20. The van der Waals surface area contributed by atoms with Crippen LogP contribution in [0, 0.1) is 0 Å². The quantitative estimate of drug-likeness (QED) is 0.518. The van der Waals surface area contributed by atoms with Crippen molar-refractivity contribution in [2.24, 2.45) is 0 Å². The molecule has 0 saturated heterocycles.